The molecule has 208 valence electrons. The number of carbonyl (C=O) groups excluding carboxylic acids is 2. The Morgan fingerprint density at radius 1 is 1.05 bits per heavy atom. The molecule has 0 aliphatic carbocycles. The van der Waals surface area contributed by atoms with Crippen LogP contribution in [0.15, 0.2) is 47.8 Å². The number of nitrogens with zero attached hydrogens (tertiary/aromatic N) is 5. The summed E-state index contributed by atoms with van der Waals surface area (Å²) in [4.78, 5) is 32.0. The monoisotopic (exact) mass is 529 g/mol. The van der Waals surface area contributed by atoms with Crippen molar-refractivity contribution in [2.24, 2.45) is 11.0 Å². The maximum absolute atomic E-state index is 13.5. The molecule has 2 amide bonds. The van der Waals surface area contributed by atoms with E-state index in [1.165, 1.54) is 30.6 Å². The number of hydrazone groups is 1. The molecule has 4 N–H and O–H groups in total. The van der Waals surface area contributed by atoms with Crippen LogP contribution in [0.4, 0.5) is 17.1 Å². The Balaban J connectivity index is 2.34. The van der Waals surface area contributed by atoms with Crippen LogP contribution in [0.2, 0.25) is 0 Å². The molecule has 13 nitrogen and oxygen atoms in total. The topological polar surface area (TPSA) is 180 Å². The number of unbranched alkanes of at least 4 members (excludes halogenated alkanes) is 2. The van der Waals surface area contributed by atoms with E-state index < -0.39 is 23.0 Å². The predicted molar refractivity (Wildman–Crippen MR) is 145 cm³/mol. The minimum atomic E-state index is -0.824. The number of rotatable bonds is 15. The normalized spacial score (nSPS) is 12.3. The standard InChI is InChI=1S/C25H35N7O6/c1-4-6-14-30(15-7-5-2)17-21(18(3)28-29-24(33)19-10-12-26-13-11-19)25(34)27-22-9-8-20(31(35)36)16-23(22)32(37)38/h8-13,16,21,37-38H,4-7,14-15,17H2,1-3H3,(H,27,34)(H,29,33)/q-2/b28-18-. The van der Waals surface area contributed by atoms with Crippen molar-refractivity contribution in [1.82, 2.24) is 15.3 Å². The Morgan fingerprint density at radius 2 is 1.68 bits per heavy atom. The van der Waals surface area contributed by atoms with Gasteiger partial charge in [-0.05, 0) is 63.2 Å². The number of hydrogen-bond donors (Lipinski definition) is 4. The third kappa shape index (κ3) is 9.36. The summed E-state index contributed by atoms with van der Waals surface area (Å²) in [5.74, 6) is -1.82. The van der Waals surface area contributed by atoms with E-state index in [0.29, 0.717) is 17.8 Å². The van der Waals surface area contributed by atoms with E-state index in [0.717, 1.165) is 50.9 Å². The van der Waals surface area contributed by atoms with Gasteiger partial charge in [0.15, 0.2) is 0 Å². The minimum Gasteiger partial charge on any atom is -0.769 e. The first kappa shape index (κ1) is 30.6. The summed E-state index contributed by atoms with van der Waals surface area (Å²) in [6.45, 7) is 7.61. The zero-order valence-corrected chi connectivity index (χ0v) is 21.8. The van der Waals surface area contributed by atoms with Crippen molar-refractivity contribution >= 4 is 34.6 Å². The number of pyridine rings is 1. The van der Waals surface area contributed by atoms with E-state index in [-0.39, 0.29) is 22.3 Å². The second kappa shape index (κ2) is 15.6. The maximum atomic E-state index is 13.5. The van der Waals surface area contributed by atoms with E-state index in [4.69, 9.17) is 0 Å². The SMILES string of the molecule is CCCCN(CCCC)CC(C(=O)Nc1ccc(N([O-])[O-])cc1N(O)O)/C(C)=N\NC(=O)c1ccncc1. The van der Waals surface area contributed by atoms with Crippen LogP contribution >= 0.6 is 0 Å². The summed E-state index contributed by atoms with van der Waals surface area (Å²) in [6.07, 6.45) is 6.78. The summed E-state index contributed by atoms with van der Waals surface area (Å²) < 4.78 is 0. The van der Waals surface area contributed by atoms with Crippen molar-refractivity contribution in [3.05, 3.63) is 58.7 Å². The van der Waals surface area contributed by atoms with Gasteiger partial charge in [-0.15, -0.1) is 5.23 Å². The zero-order valence-electron chi connectivity index (χ0n) is 21.8. The van der Waals surface area contributed by atoms with Crippen molar-refractivity contribution in [1.29, 1.82) is 0 Å². The molecule has 1 unspecified atom stereocenters. The smallest absolute Gasteiger partial charge is 0.271 e. The Labute approximate surface area is 221 Å². The number of carbonyl (C=O) groups is 2. The van der Waals surface area contributed by atoms with Gasteiger partial charge in [-0.25, -0.2) is 5.43 Å². The van der Waals surface area contributed by atoms with Gasteiger partial charge < -0.3 is 25.9 Å². The molecule has 38 heavy (non-hydrogen) atoms. The lowest BCUT2D eigenvalue weighted by Gasteiger charge is -2.38. The molecule has 1 aromatic carbocycles. The molecular weight excluding hydrogens is 494 g/mol. The molecule has 0 aliphatic rings. The van der Waals surface area contributed by atoms with Crippen molar-refractivity contribution in [3.63, 3.8) is 0 Å². The average Bonchev–Trinajstić information content (AvgIpc) is 2.91. The summed E-state index contributed by atoms with van der Waals surface area (Å²) >= 11 is 0. The molecule has 0 fully saturated rings. The van der Waals surface area contributed by atoms with E-state index >= 15 is 0 Å². The molecule has 0 spiro atoms. The van der Waals surface area contributed by atoms with Gasteiger partial charge in [0.05, 0.1) is 11.6 Å². The van der Waals surface area contributed by atoms with E-state index in [2.05, 4.69) is 39.6 Å². The highest BCUT2D eigenvalue weighted by molar-refractivity contribution is 6.10. The molecule has 1 heterocycles. The largest absolute Gasteiger partial charge is 0.769 e. The molecule has 2 aromatic rings. The highest BCUT2D eigenvalue weighted by atomic mass is 16.8. The number of hydrogen-bond acceptors (Lipinski definition) is 11. The van der Waals surface area contributed by atoms with Crippen LogP contribution in [0, 0.1) is 16.3 Å². The van der Waals surface area contributed by atoms with Gasteiger partial charge in [0, 0.05) is 35.9 Å². The molecule has 13 heteroatoms. The van der Waals surface area contributed by atoms with Crippen LogP contribution in [0.1, 0.15) is 56.8 Å². The molecule has 0 saturated carbocycles. The minimum absolute atomic E-state index is 0.0436. The van der Waals surface area contributed by atoms with Gasteiger partial charge in [-0.3, -0.25) is 25.0 Å². The number of amides is 2. The first-order valence-electron chi connectivity index (χ1n) is 12.4. The predicted octanol–water partition coefficient (Wildman–Crippen LogP) is 3.73. The van der Waals surface area contributed by atoms with Crippen molar-refractivity contribution < 1.29 is 20.0 Å². The summed E-state index contributed by atoms with van der Waals surface area (Å²) in [7, 11) is 0. The molecular formula is C25H35N7O6-2. The highest BCUT2D eigenvalue weighted by Gasteiger charge is 2.26. The quantitative estimate of drug-likeness (QED) is 0.196. The Hall–Kier alpha value is -3.62. The van der Waals surface area contributed by atoms with Gasteiger partial charge in [-0.2, -0.15) is 5.10 Å². The molecule has 1 aromatic heterocycles. The van der Waals surface area contributed by atoms with Crippen LogP contribution in [0.5, 0.6) is 0 Å². The number of benzene rings is 1. The fourth-order valence-corrected chi connectivity index (χ4v) is 3.63. The lowest BCUT2D eigenvalue weighted by molar-refractivity contribution is -0.118. The molecule has 2 rings (SSSR count). The Bertz CT molecular complexity index is 1060. The van der Waals surface area contributed by atoms with Crippen LogP contribution in [0.25, 0.3) is 0 Å². The second-order valence-corrected chi connectivity index (χ2v) is 8.73. The van der Waals surface area contributed by atoms with Gasteiger partial charge in [0.2, 0.25) is 5.91 Å². The Kier molecular flexibility index (Phi) is 12.6. The van der Waals surface area contributed by atoms with Gasteiger partial charge in [0.25, 0.3) is 5.91 Å². The molecule has 0 bridgehead atoms. The van der Waals surface area contributed by atoms with Gasteiger partial charge in [0.1, 0.15) is 5.69 Å². The molecule has 0 aliphatic heterocycles. The van der Waals surface area contributed by atoms with Crippen molar-refractivity contribution in [3.8, 4) is 0 Å². The first-order chi connectivity index (χ1) is 18.2. The van der Waals surface area contributed by atoms with Crippen molar-refractivity contribution in [2.75, 3.05) is 35.4 Å². The molecule has 0 saturated heterocycles. The van der Waals surface area contributed by atoms with Crippen LogP contribution < -0.4 is 21.2 Å². The first-order valence-corrected chi connectivity index (χ1v) is 12.4. The maximum Gasteiger partial charge on any atom is 0.271 e. The third-order valence-corrected chi connectivity index (χ3v) is 5.86. The number of nitrogens with one attached hydrogen (secondary N) is 2. The number of anilines is 3. The summed E-state index contributed by atoms with van der Waals surface area (Å²) in [5.41, 5.74) is 2.35. The van der Waals surface area contributed by atoms with Crippen LogP contribution in [-0.4, -0.2) is 57.5 Å². The molecule has 0 radical (unpaired) electrons. The number of aromatic nitrogens is 1. The summed E-state index contributed by atoms with van der Waals surface area (Å²) in [5, 5.41) is 47.2. The van der Waals surface area contributed by atoms with E-state index in [9.17, 15) is 30.4 Å². The van der Waals surface area contributed by atoms with Crippen molar-refractivity contribution in [2.45, 2.75) is 46.5 Å². The lowest BCUT2D eigenvalue weighted by atomic mass is 10.0. The van der Waals surface area contributed by atoms with Gasteiger partial charge >= 0.3 is 0 Å². The third-order valence-electron chi connectivity index (χ3n) is 5.86. The van der Waals surface area contributed by atoms with Crippen LogP contribution in [0.3, 0.4) is 0 Å². The highest BCUT2D eigenvalue weighted by Crippen LogP contribution is 2.30. The zero-order chi connectivity index (χ0) is 28.1. The molecule has 1 atom stereocenters. The summed E-state index contributed by atoms with van der Waals surface area (Å²) in [6, 6.07) is 6.35. The average molecular weight is 530 g/mol. The van der Waals surface area contributed by atoms with Crippen LogP contribution in [-0.2, 0) is 4.79 Å². The Morgan fingerprint density at radius 3 is 2.24 bits per heavy atom. The fourth-order valence-electron chi connectivity index (χ4n) is 3.63. The second-order valence-electron chi connectivity index (χ2n) is 8.73. The van der Waals surface area contributed by atoms with E-state index in [1.807, 2.05) is 0 Å². The fraction of sp³-hybridized carbons (Fsp3) is 0.440. The van der Waals surface area contributed by atoms with E-state index in [1.54, 1.807) is 6.92 Å². The lowest BCUT2D eigenvalue weighted by Crippen LogP contribution is -2.41. The van der Waals surface area contributed by atoms with Gasteiger partial charge in [-0.1, -0.05) is 26.7 Å².